The summed E-state index contributed by atoms with van der Waals surface area (Å²) in [6.45, 7) is 8.08. The Hall–Kier alpha value is -1.92. The summed E-state index contributed by atoms with van der Waals surface area (Å²) in [6.07, 6.45) is 10.9. The van der Waals surface area contributed by atoms with E-state index in [-0.39, 0.29) is 0 Å². The van der Waals surface area contributed by atoms with Gasteiger partial charge in [-0.2, -0.15) is 0 Å². The largest absolute Gasteiger partial charge is 0.355 e. The van der Waals surface area contributed by atoms with E-state index in [4.69, 9.17) is 9.97 Å². The summed E-state index contributed by atoms with van der Waals surface area (Å²) in [7, 11) is 0. The Morgan fingerprint density at radius 2 is 1.88 bits per heavy atom. The Morgan fingerprint density at radius 1 is 1.00 bits per heavy atom. The third-order valence-corrected chi connectivity index (χ3v) is 8.23. The van der Waals surface area contributed by atoms with E-state index in [2.05, 4.69) is 45.2 Å². The molecule has 2 saturated carbocycles. The molecule has 0 radical (unpaired) electrons. The summed E-state index contributed by atoms with van der Waals surface area (Å²) >= 11 is 0. The Kier molecular flexibility index (Phi) is 5.68. The molecule has 2 saturated heterocycles. The van der Waals surface area contributed by atoms with Crippen molar-refractivity contribution in [2.24, 2.45) is 5.92 Å². The Bertz CT molecular complexity index is 928. The molecule has 0 bridgehead atoms. The van der Waals surface area contributed by atoms with Gasteiger partial charge in [0.05, 0.1) is 5.69 Å². The Balaban J connectivity index is 1.03. The second-order valence-electron chi connectivity index (χ2n) is 10.7. The molecule has 4 heterocycles. The van der Waals surface area contributed by atoms with E-state index in [0.717, 1.165) is 42.4 Å². The molecule has 2 unspecified atom stereocenters. The number of nitrogens with zero attached hydrogens (tertiary/aromatic N) is 4. The highest BCUT2D eigenvalue weighted by Crippen LogP contribution is 2.41. The van der Waals surface area contributed by atoms with Crippen LogP contribution in [0.15, 0.2) is 18.2 Å². The average molecular weight is 435 g/mol. The van der Waals surface area contributed by atoms with Gasteiger partial charge in [0.15, 0.2) is 5.82 Å². The van der Waals surface area contributed by atoms with Crippen molar-refractivity contribution in [1.82, 2.24) is 25.2 Å². The first-order valence-corrected chi connectivity index (χ1v) is 13.0. The number of anilines is 1. The van der Waals surface area contributed by atoms with E-state index in [9.17, 15) is 0 Å². The number of rotatable bonds is 7. The van der Waals surface area contributed by atoms with Crippen molar-refractivity contribution in [2.45, 2.75) is 76.3 Å². The number of pyridine rings is 1. The van der Waals surface area contributed by atoms with Gasteiger partial charge >= 0.3 is 0 Å². The van der Waals surface area contributed by atoms with E-state index in [1.807, 2.05) is 0 Å². The summed E-state index contributed by atoms with van der Waals surface area (Å²) in [4.78, 5) is 18.6. The van der Waals surface area contributed by atoms with Crippen LogP contribution in [0.4, 0.5) is 5.82 Å². The SMILES string of the molecule is Cc1[nH]c(-c2cccc(N3CCC(NCC4CCN(C5CCCC5)C4)C3)n2)nc1C1CC1. The van der Waals surface area contributed by atoms with Crippen LogP contribution < -0.4 is 10.2 Å². The molecule has 4 aliphatic rings. The van der Waals surface area contributed by atoms with E-state index in [1.165, 1.54) is 82.4 Å². The molecule has 172 valence electrons. The summed E-state index contributed by atoms with van der Waals surface area (Å²) in [5.41, 5.74) is 3.42. The molecule has 6 rings (SSSR count). The molecular weight excluding hydrogens is 396 g/mol. The fourth-order valence-corrected chi connectivity index (χ4v) is 6.18. The molecule has 0 aromatic carbocycles. The Labute approximate surface area is 192 Å². The standard InChI is InChI=1S/C26H38N6/c1-18-25(20-9-10-20)30-26(28-18)23-7-4-8-24(29-23)32-14-12-21(17-32)27-15-19-11-13-31(16-19)22-5-2-3-6-22/h4,7-8,19-22,27H,2-3,5-6,9-17H2,1H3,(H,28,30). The molecule has 2 aliphatic carbocycles. The molecule has 6 nitrogen and oxygen atoms in total. The minimum atomic E-state index is 0.577. The van der Waals surface area contributed by atoms with Gasteiger partial charge in [-0.1, -0.05) is 18.9 Å². The fourth-order valence-electron chi connectivity index (χ4n) is 6.18. The lowest BCUT2D eigenvalue weighted by atomic mass is 10.1. The lowest BCUT2D eigenvalue weighted by Crippen LogP contribution is -2.37. The van der Waals surface area contributed by atoms with Crippen molar-refractivity contribution in [3.63, 3.8) is 0 Å². The van der Waals surface area contributed by atoms with Crippen LogP contribution in [0, 0.1) is 12.8 Å². The molecule has 0 amide bonds. The smallest absolute Gasteiger partial charge is 0.156 e. The predicted molar refractivity (Wildman–Crippen MR) is 129 cm³/mol. The summed E-state index contributed by atoms with van der Waals surface area (Å²) < 4.78 is 0. The maximum absolute atomic E-state index is 4.98. The third-order valence-electron chi connectivity index (χ3n) is 8.23. The first-order chi connectivity index (χ1) is 15.7. The van der Waals surface area contributed by atoms with Gasteiger partial charge in [0.1, 0.15) is 11.5 Å². The number of imidazole rings is 1. The third kappa shape index (κ3) is 4.32. The van der Waals surface area contributed by atoms with E-state index in [1.54, 1.807) is 0 Å². The fraction of sp³-hybridized carbons (Fsp3) is 0.692. The molecule has 2 atom stereocenters. The van der Waals surface area contributed by atoms with Crippen molar-refractivity contribution in [2.75, 3.05) is 37.6 Å². The highest BCUT2D eigenvalue weighted by Gasteiger charge is 2.31. The molecule has 2 aliphatic heterocycles. The number of H-pyrrole nitrogens is 1. The van der Waals surface area contributed by atoms with Gasteiger partial charge in [0.2, 0.25) is 0 Å². The lowest BCUT2D eigenvalue weighted by molar-refractivity contribution is 0.236. The van der Waals surface area contributed by atoms with Crippen molar-refractivity contribution in [3.8, 4) is 11.5 Å². The molecular formula is C26H38N6. The molecule has 4 fully saturated rings. The number of hydrogen-bond donors (Lipinski definition) is 2. The van der Waals surface area contributed by atoms with Crippen LogP contribution in [0.25, 0.3) is 11.5 Å². The van der Waals surface area contributed by atoms with Gasteiger partial charge in [-0.3, -0.25) is 0 Å². The van der Waals surface area contributed by atoms with Gasteiger partial charge in [0, 0.05) is 43.3 Å². The lowest BCUT2D eigenvalue weighted by Gasteiger charge is -2.24. The summed E-state index contributed by atoms with van der Waals surface area (Å²) in [5.74, 6) is 3.50. The maximum atomic E-state index is 4.98. The first-order valence-electron chi connectivity index (χ1n) is 13.0. The van der Waals surface area contributed by atoms with E-state index in [0.29, 0.717) is 12.0 Å². The number of aromatic nitrogens is 3. The number of aromatic amines is 1. The topological polar surface area (TPSA) is 60.1 Å². The number of likely N-dealkylation sites (tertiary alicyclic amines) is 1. The van der Waals surface area contributed by atoms with Gasteiger partial charge in [0.25, 0.3) is 0 Å². The molecule has 2 aromatic heterocycles. The highest BCUT2D eigenvalue weighted by atomic mass is 15.2. The van der Waals surface area contributed by atoms with Gasteiger partial charge in [-0.15, -0.1) is 0 Å². The van der Waals surface area contributed by atoms with Gasteiger partial charge < -0.3 is 20.1 Å². The maximum Gasteiger partial charge on any atom is 0.156 e. The number of aryl methyl sites for hydroxylation is 1. The van der Waals surface area contributed by atoms with Gasteiger partial charge in [-0.25, -0.2) is 9.97 Å². The van der Waals surface area contributed by atoms with E-state index >= 15 is 0 Å². The zero-order valence-corrected chi connectivity index (χ0v) is 19.5. The minimum Gasteiger partial charge on any atom is -0.355 e. The van der Waals surface area contributed by atoms with Crippen LogP contribution in [-0.2, 0) is 0 Å². The van der Waals surface area contributed by atoms with Crippen LogP contribution in [-0.4, -0.2) is 64.7 Å². The number of hydrogen-bond acceptors (Lipinski definition) is 5. The second kappa shape index (κ2) is 8.79. The highest BCUT2D eigenvalue weighted by molar-refractivity contribution is 5.56. The van der Waals surface area contributed by atoms with Crippen molar-refractivity contribution in [3.05, 3.63) is 29.6 Å². The van der Waals surface area contributed by atoms with Crippen LogP contribution in [0.1, 0.15) is 68.7 Å². The quantitative estimate of drug-likeness (QED) is 0.687. The molecule has 2 aromatic rings. The van der Waals surface area contributed by atoms with Crippen molar-refractivity contribution in [1.29, 1.82) is 0 Å². The molecule has 0 spiro atoms. The molecule has 2 N–H and O–H groups in total. The predicted octanol–water partition coefficient (Wildman–Crippen LogP) is 4.09. The zero-order valence-electron chi connectivity index (χ0n) is 19.5. The normalized spacial score (nSPS) is 27.1. The second-order valence-corrected chi connectivity index (χ2v) is 10.7. The van der Waals surface area contributed by atoms with Crippen molar-refractivity contribution >= 4 is 5.82 Å². The van der Waals surface area contributed by atoms with Crippen molar-refractivity contribution < 1.29 is 0 Å². The van der Waals surface area contributed by atoms with Crippen LogP contribution in [0.5, 0.6) is 0 Å². The van der Waals surface area contributed by atoms with Crippen LogP contribution in [0.3, 0.4) is 0 Å². The summed E-state index contributed by atoms with van der Waals surface area (Å²) in [6, 6.07) is 7.83. The molecule has 32 heavy (non-hydrogen) atoms. The number of nitrogens with one attached hydrogen (secondary N) is 2. The van der Waals surface area contributed by atoms with Crippen LogP contribution >= 0.6 is 0 Å². The summed E-state index contributed by atoms with van der Waals surface area (Å²) in [5, 5.41) is 3.90. The first kappa shape index (κ1) is 20.7. The Morgan fingerprint density at radius 3 is 2.72 bits per heavy atom. The van der Waals surface area contributed by atoms with E-state index < -0.39 is 0 Å². The average Bonchev–Trinajstić information content (AvgIpc) is 3.27. The van der Waals surface area contributed by atoms with Gasteiger partial charge in [-0.05, 0) is 76.6 Å². The molecule has 6 heteroatoms. The van der Waals surface area contributed by atoms with Crippen LogP contribution in [0.2, 0.25) is 0 Å². The minimum absolute atomic E-state index is 0.577. The zero-order chi connectivity index (χ0) is 21.5. The monoisotopic (exact) mass is 434 g/mol.